The molecule has 0 aromatic heterocycles. The van der Waals surface area contributed by atoms with Crippen LogP contribution in [0.5, 0.6) is 5.75 Å². The van der Waals surface area contributed by atoms with Crippen LogP contribution >= 0.6 is 27.7 Å². The number of hydrogen-bond donors (Lipinski definition) is 1. The summed E-state index contributed by atoms with van der Waals surface area (Å²) in [6.07, 6.45) is 0.563. The van der Waals surface area contributed by atoms with Crippen LogP contribution < -0.4 is 20.6 Å². The lowest BCUT2D eigenvalue weighted by molar-refractivity contribution is -0.116. The number of amidine groups is 1. The van der Waals surface area contributed by atoms with E-state index in [1.54, 1.807) is 12.1 Å². The summed E-state index contributed by atoms with van der Waals surface area (Å²) in [5, 5.41) is 11.5. The van der Waals surface area contributed by atoms with Gasteiger partial charge in [-0.3, -0.25) is 15.1 Å². The van der Waals surface area contributed by atoms with Crippen molar-refractivity contribution >= 4 is 44.5 Å². The molecule has 28 heavy (non-hydrogen) atoms. The molecule has 0 radical (unpaired) electrons. The van der Waals surface area contributed by atoms with Crippen molar-refractivity contribution in [2.45, 2.75) is 19.5 Å². The van der Waals surface area contributed by atoms with Crippen LogP contribution in [-0.2, 0) is 4.79 Å². The van der Waals surface area contributed by atoms with Crippen LogP contribution in [-0.4, -0.2) is 28.9 Å². The molecule has 0 saturated heterocycles. The molecule has 0 bridgehead atoms. The number of nitrogens with one attached hydrogen (secondary N) is 1. The van der Waals surface area contributed by atoms with Gasteiger partial charge in [-0.25, -0.2) is 5.01 Å². The van der Waals surface area contributed by atoms with Crippen molar-refractivity contribution in [1.29, 1.82) is 0 Å². The molecule has 8 heteroatoms. The molecule has 0 saturated carbocycles. The predicted molar refractivity (Wildman–Crippen MR) is 114 cm³/mol. The van der Waals surface area contributed by atoms with Crippen molar-refractivity contribution in [2.75, 3.05) is 12.9 Å². The molecule has 2 aliphatic rings. The number of hydrogen-bond acceptors (Lipinski definition) is 6. The van der Waals surface area contributed by atoms with E-state index < -0.39 is 6.17 Å². The Balaban J connectivity index is 1.88. The Morgan fingerprint density at radius 1 is 1.29 bits per heavy atom. The molecule has 1 N–H and O–H groups in total. The Morgan fingerprint density at radius 2 is 2.11 bits per heavy atom. The molecule has 1 atom stereocenters. The summed E-state index contributed by atoms with van der Waals surface area (Å²) >= 11 is 5.08. The second kappa shape index (κ2) is 7.97. The average molecular weight is 459 g/mol. The highest BCUT2D eigenvalue weighted by atomic mass is 79.9. The number of amides is 1. The number of halogens is 1. The maximum Gasteiger partial charge on any atom is 0.276 e. The van der Waals surface area contributed by atoms with Crippen LogP contribution in [0.2, 0.25) is 0 Å². The number of rotatable bonds is 4. The van der Waals surface area contributed by atoms with E-state index >= 15 is 0 Å². The van der Waals surface area contributed by atoms with Gasteiger partial charge in [-0.05, 0) is 46.1 Å². The van der Waals surface area contributed by atoms with Crippen LogP contribution in [0.1, 0.15) is 25.1 Å². The van der Waals surface area contributed by atoms with E-state index in [0.29, 0.717) is 10.9 Å². The van der Waals surface area contributed by atoms with Gasteiger partial charge in [0.15, 0.2) is 11.3 Å². The topological polar surface area (TPSA) is 66.3 Å². The molecule has 2 aromatic carbocycles. The molecule has 0 fully saturated rings. The third kappa shape index (κ3) is 3.42. The number of para-hydroxylation sites is 1. The fourth-order valence-corrected chi connectivity index (χ4v) is 4.42. The molecular formula is C20H19BrN4O2S. The second-order valence-corrected chi connectivity index (χ2v) is 8.25. The first kappa shape index (κ1) is 19.0. The zero-order valence-electron chi connectivity index (χ0n) is 15.5. The summed E-state index contributed by atoms with van der Waals surface area (Å²) in [7, 11) is 1.63. The number of ether oxygens (including phenoxy) is 1. The Labute approximate surface area is 175 Å². The van der Waals surface area contributed by atoms with Gasteiger partial charge < -0.3 is 4.74 Å². The summed E-state index contributed by atoms with van der Waals surface area (Å²) in [5.41, 5.74) is 1.43. The number of fused-ring (bicyclic) bond motifs is 2. The molecule has 6 nitrogen and oxygen atoms in total. The number of carbonyl (C=O) groups is 1. The van der Waals surface area contributed by atoms with E-state index in [1.165, 1.54) is 11.8 Å². The maximum atomic E-state index is 13.0. The standard InChI is InChI=1S/C20H19BrN4O2S/c1-3-10-28-20-23-19(26)17-13-6-4-5-7-15(13)22-18(25(17)24-20)12-8-9-16(27-2)14(21)11-12/h4-9,11,18H,3,10H2,1-2H3,(H,23,24,26)/t18-/m1/s1. The highest BCUT2D eigenvalue weighted by Crippen LogP contribution is 2.34. The molecule has 1 amide bonds. The molecule has 0 unspecified atom stereocenters. The van der Waals surface area contributed by atoms with Crippen molar-refractivity contribution in [3.63, 3.8) is 0 Å². The van der Waals surface area contributed by atoms with E-state index in [1.807, 2.05) is 42.5 Å². The summed E-state index contributed by atoms with van der Waals surface area (Å²) in [4.78, 5) is 17.8. The van der Waals surface area contributed by atoms with Gasteiger partial charge in [0.05, 0.1) is 16.9 Å². The summed E-state index contributed by atoms with van der Waals surface area (Å²) in [5.74, 6) is 1.46. The molecule has 2 aliphatic heterocycles. The third-order valence-electron chi connectivity index (χ3n) is 4.43. The van der Waals surface area contributed by atoms with Crippen LogP contribution in [0.3, 0.4) is 0 Å². The number of thioether (sulfide) groups is 1. The Kier molecular flexibility index (Phi) is 5.41. The van der Waals surface area contributed by atoms with E-state index in [4.69, 9.17) is 14.8 Å². The van der Waals surface area contributed by atoms with Gasteiger partial charge in [0.1, 0.15) is 11.4 Å². The average Bonchev–Trinajstić information content (AvgIpc) is 2.71. The number of nitrogens with zero attached hydrogens (tertiary/aromatic N) is 3. The first-order valence-electron chi connectivity index (χ1n) is 8.95. The van der Waals surface area contributed by atoms with Crippen molar-refractivity contribution in [1.82, 2.24) is 10.3 Å². The van der Waals surface area contributed by atoms with Gasteiger partial charge in [-0.15, -0.1) is 5.10 Å². The SMILES string of the molecule is CCCSC1=NN2C(=c3ccccc3=N[C@H]2c2ccc(OC)c(Br)c2)C(=O)N1. The Hall–Kier alpha value is -2.32. The van der Waals surface area contributed by atoms with E-state index in [2.05, 4.69) is 28.2 Å². The van der Waals surface area contributed by atoms with Crippen LogP contribution in [0, 0.1) is 0 Å². The minimum atomic E-state index is -0.435. The summed E-state index contributed by atoms with van der Waals surface area (Å²) < 4.78 is 6.17. The second-order valence-electron chi connectivity index (χ2n) is 6.31. The molecule has 0 spiro atoms. The monoisotopic (exact) mass is 458 g/mol. The minimum absolute atomic E-state index is 0.159. The zero-order valence-corrected chi connectivity index (χ0v) is 17.9. The number of benzene rings is 2. The highest BCUT2D eigenvalue weighted by Gasteiger charge is 2.34. The fraction of sp³-hybridized carbons (Fsp3) is 0.250. The lowest BCUT2D eigenvalue weighted by atomic mass is 10.1. The van der Waals surface area contributed by atoms with Gasteiger partial charge in [0, 0.05) is 11.0 Å². The molecule has 2 aromatic rings. The number of methoxy groups -OCH3 is 1. The maximum absolute atomic E-state index is 13.0. The van der Waals surface area contributed by atoms with Gasteiger partial charge in [-0.1, -0.05) is 43.0 Å². The first-order valence-corrected chi connectivity index (χ1v) is 10.7. The van der Waals surface area contributed by atoms with Crippen LogP contribution in [0.4, 0.5) is 0 Å². The van der Waals surface area contributed by atoms with Gasteiger partial charge in [0.2, 0.25) is 0 Å². The predicted octanol–water partition coefficient (Wildman–Crippen LogP) is 2.74. The first-order chi connectivity index (χ1) is 13.6. The van der Waals surface area contributed by atoms with Gasteiger partial charge >= 0.3 is 0 Å². The Bertz CT molecular complexity index is 1090. The minimum Gasteiger partial charge on any atom is -0.496 e. The number of carbonyl (C=O) groups excluding carboxylic acids is 1. The summed E-state index contributed by atoms with van der Waals surface area (Å²) in [6, 6.07) is 13.4. The van der Waals surface area contributed by atoms with E-state index in [-0.39, 0.29) is 5.91 Å². The van der Waals surface area contributed by atoms with E-state index in [9.17, 15) is 4.79 Å². The highest BCUT2D eigenvalue weighted by molar-refractivity contribution is 9.10. The van der Waals surface area contributed by atoms with E-state index in [0.717, 1.165) is 38.5 Å². The van der Waals surface area contributed by atoms with Gasteiger partial charge in [-0.2, -0.15) is 0 Å². The zero-order chi connectivity index (χ0) is 19.7. The van der Waals surface area contributed by atoms with Crippen LogP contribution in [0.15, 0.2) is 57.0 Å². The normalized spacial score (nSPS) is 17.9. The van der Waals surface area contributed by atoms with Crippen molar-refractivity contribution < 1.29 is 9.53 Å². The van der Waals surface area contributed by atoms with Crippen LogP contribution in [0.25, 0.3) is 5.70 Å². The molecule has 0 aliphatic carbocycles. The largest absolute Gasteiger partial charge is 0.496 e. The molecule has 4 rings (SSSR count). The van der Waals surface area contributed by atoms with Crippen molar-refractivity contribution in [3.8, 4) is 5.75 Å². The quantitative estimate of drug-likeness (QED) is 0.764. The Morgan fingerprint density at radius 3 is 2.86 bits per heavy atom. The fourth-order valence-electron chi connectivity index (χ4n) is 3.15. The smallest absolute Gasteiger partial charge is 0.276 e. The lowest BCUT2D eigenvalue weighted by Crippen LogP contribution is -2.50. The van der Waals surface area contributed by atoms with Crippen molar-refractivity contribution in [2.24, 2.45) is 10.1 Å². The van der Waals surface area contributed by atoms with Crippen molar-refractivity contribution in [3.05, 3.63) is 63.1 Å². The van der Waals surface area contributed by atoms with Gasteiger partial charge in [0.25, 0.3) is 5.91 Å². The lowest BCUT2D eigenvalue weighted by Gasteiger charge is -2.34. The molecule has 144 valence electrons. The third-order valence-corrected chi connectivity index (χ3v) is 6.12. The molecular weight excluding hydrogens is 440 g/mol. The molecule has 2 heterocycles. The summed E-state index contributed by atoms with van der Waals surface area (Å²) in [6.45, 7) is 2.10. The number of hydrazone groups is 1.